The van der Waals surface area contributed by atoms with E-state index in [9.17, 15) is 0 Å². The molecule has 0 aliphatic carbocycles. The van der Waals surface area contributed by atoms with E-state index >= 15 is 0 Å². The molecule has 3 aromatic rings. The maximum atomic E-state index is 4.52. The molecule has 0 saturated carbocycles. The van der Waals surface area contributed by atoms with Crippen molar-refractivity contribution in [3.63, 3.8) is 0 Å². The van der Waals surface area contributed by atoms with Crippen molar-refractivity contribution in [2.24, 2.45) is 11.0 Å². The summed E-state index contributed by atoms with van der Waals surface area (Å²) in [4.78, 5) is 8.89. The van der Waals surface area contributed by atoms with Crippen LogP contribution in [-0.2, 0) is 0 Å². The van der Waals surface area contributed by atoms with Gasteiger partial charge in [0.2, 0.25) is 5.13 Å². The highest BCUT2D eigenvalue weighted by atomic mass is 32.1. The molecule has 3 rings (SSSR count). The van der Waals surface area contributed by atoms with Gasteiger partial charge in [0.1, 0.15) is 0 Å². The lowest BCUT2D eigenvalue weighted by Crippen LogP contribution is -2.13. The molecule has 2 aromatic heterocycles. The number of nitrogens with zero attached hydrogens (tertiary/aromatic N) is 3. The topological polar surface area (TPSA) is 50.2 Å². The van der Waals surface area contributed by atoms with Gasteiger partial charge >= 0.3 is 0 Å². The molecule has 1 aromatic carbocycles. The number of anilines is 1. The van der Waals surface area contributed by atoms with Crippen molar-refractivity contribution in [1.82, 2.24) is 9.97 Å². The third-order valence-corrected chi connectivity index (χ3v) is 3.98. The molecule has 0 radical (unpaired) electrons. The maximum absolute atomic E-state index is 4.52. The van der Waals surface area contributed by atoms with Gasteiger partial charge in [-0.05, 0) is 30.2 Å². The van der Waals surface area contributed by atoms with Crippen LogP contribution in [0.25, 0.3) is 10.2 Å². The number of aromatic nitrogens is 2. The van der Waals surface area contributed by atoms with Crippen molar-refractivity contribution in [2.45, 2.75) is 13.8 Å². The van der Waals surface area contributed by atoms with Crippen LogP contribution < -0.4 is 5.43 Å². The summed E-state index contributed by atoms with van der Waals surface area (Å²) in [5.74, 6) is 0.279. The number of hydrogen-bond donors (Lipinski definition) is 1. The molecular formula is C16H16N4S. The summed E-state index contributed by atoms with van der Waals surface area (Å²) < 4.78 is 1.15. The molecule has 0 aliphatic rings. The molecule has 21 heavy (non-hydrogen) atoms. The molecule has 0 bridgehead atoms. The monoisotopic (exact) mass is 296 g/mol. The molecule has 106 valence electrons. The van der Waals surface area contributed by atoms with Crippen LogP contribution in [0.5, 0.6) is 0 Å². The number of para-hydroxylation sites is 1. The average molecular weight is 296 g/mol. The van der Waals surface area contributed by atoms with Gasteiger partial charge in [-0.25, -0.2) is 4.98 Å². The fourth-order valence-corrected chi connectivity index (χ4v) is 2.83. The van der Waals surface area contributed by atoms with Gasteiger partial charge in [0.05, 0.1) is 21.6 Å². The van der Waals surface area contributed by atoms with E-state index in [0.717, 1.165) is 26.8 Å². The number of fused-ring (bicyclic) bond motifs is 1. The third kappa shape index (κ3) is 3.08. The third-order valence-electron chi connectivity index (χ3n) is 3.04. The van der Waals surface area contributed by atoms with Crippen LogP contribution in [0.4, 0.5) is 5.13 Å². The summed E-state index contributed by atoms with van der Waals surface area (Å²) in [6.07, 6.45) is 1.78. The van der Waals surface area contributed by atoms with E-state index < -0.39 is 0 Å². The first-order valence-corrected chi connectivity index (χ1v) is 7.66. The van der Waals surface area contributed by atoms with Crippen LogP contribution in [0.1, 0.15) is 19.5 Å². The number of hydrogen-bond acceptors (Lipinski definition) is 5. The Morgan fingerprint density at radius 1 is 1.14 bits per heavy atom. The zero-order chi connectivity index (χ0) is 14.7. The average Bonchev–Trinajstić information content (AvgIpc) is 2.91. The van der Waals surface area contributed by atoms with E-state index in [1.165, 1.54) is 0 Å². The van der Waals surface area contributed by atoms with Crippen LogP contribution in [0.15, 0.2) is 53.8 Å². The summed E-state index contributed by atoms with van der Waals surface area (Å²) in [6.45, 7) is 4.21. The first-order valence-electron chi connectivity index (χ1n) is 6.84. The maximum Gasteiger partial charge on any atom is 0.204 e. The molecule has 0 aliphatic heterocycles. The second kappa shape index (κ2) is 6.01. The molecule has 1 N–H and O–H groups in total. The van der Waals surface area contributed by atoms with Gasteiger partial charge in [-0.3, -0.25) is 10.4 Å². The van der Waals surface area contributed by atoms with Gasteiger partial charge in [0.25, 0.3) is 0 Å². The van der Waals surface area contributed by atoms with E-state index in [4.69, 9.17) is 0 Å². The Morgan fingerprint density at radius 3 is 2.67 bits per heavy atom. The second-order valence-electron chi connectivity index (χ2n) is 4.97. The fraction of sp³-hybridized carbons (Fsp3) is 0.188. The minimum absolute atomic E-state index is 0.279. The van der Waals surface area contributed by atoms with Crippen LogP contribution >= 0.6 is 11.3 Å². The zero-order valence-electron chi connectivity index (χ0n) is 11.9. The minimum Gasteiger partial charge on any atom is -0.255 e. The molecule has 4 nitrogen and oxygen atoms in total. The van der Waals surface area contributed by atoms with Crippen molar-refractivity contribution in [3.05, 3.63) is 54.4 Å². The molecule has 0 amide bonds. The highest BCUT2D eigenvalue weighted by molar-refractivity contribution is 7.22. The van der Waals surface area contributed by atoms with Crippen molar-refractivity contribution >= 4 is 32.4 Å². The summed E-state index contributed by atoms with van der Waals surface area (Å²) in [5, 5.41) is 5.31. The lowest BCUT2D eigenvalue weighted by molar-refractivity contribution is 0.875. The standard InChI is InChI=1S/C16H16N4S/c1-11(2)15(13-8-5-6-10-17-13)19-20-16-18-12-7-3-4-9-14(12)21-16/h3-11H,1-2H3,(H,18,20)/b19-15+. The zero-order valence-corrected chi connectivity index (χ0v) is 12.8. The van der Waals surface area contributed by atoms with E-state index in [-0.39, 0.29) is 5.92 Å². The SMILES string of the molecule is CC(C)/C(=N\Nc1nc2ccccc2s1)c1ccccn1. The molecule has 0 atom stereocenters. The number of hydrazone groups is 1. The largest absolute Gasteiger partial charge is 0.255 e. The van der Waals surface area contributed by atoms with Crippen LogP contribution in [-0.4, -0.2) is 15.7 Å². The number of pyridine rings is 1. The van der Waals surface area contributed by atoms with Crippen LogP contribution in [0, 0.1) is 5.92 Å². The quantitative estimate of drug-likeness (QED) is 0.581. The van der Waals surface area contributed by atoms with Gasteiger partial charge in [0.15, 0.2) is 0 Å². The summed E-state index contributed by atoms with van der Waals surface area (Å²) >= 11 is 1.60. The van der Waals surface area contributed by atoms with E-state index in [1.54, 1.807) is 17.5 Å². The Hall–Kier alpha value is -2.27. The predicted octanol–water partition coefficient (Wildman–Crippen LogP) is 4.16. The second-order valence-corrected chi connectivity index (χ2v) is 6.00. The predicted molar refractivity (Wildman–Crippen MR) is 88.9 cm³/mol. The lowest BCUT2D eigenvalue weighted by atomic mass is 10.1. The van der Waals surface area contributed by atoms with Gasteiger partial charge in [-0.15, -0.1) is 0 Å². The first-order chi connectivity index (χ1) is 10.2. The summed E-state index contributed by atoms with van der Waals surface area (Å²) in [6, 6.07) is 13.9. The van der Waals surface area contributed by atoms with Gasteiger partial charge in [0, 0.05) is 6.20 Å². The van der Waals surface area contributed by atoms with Gasteiger partial charge in [-0.1, -0.05) is 43.4 Å². The molecule has 5 heteroatoms. The molecule has 0 spiro atoms. The molecule has 0 saturated heterocycles. The Morgan fingerprint density at radius 2 is 1.95 bits per heavy atom. The van der Waals surface area contributed by atoms with E-state index in [0.29, 0.717) is 0 Å². The van der Waals surface area contributed by atoms with Crippen molar-refractivity contribution in [1.29, 1.82) is 0 Å². The highest BCUT2D eigenvalue weighted by Gasteiger charge is 2.10. The number of rotatable bonds is 4. The first kappa shape index (κ1) is 13.7. The van der Waals surface area contributed by atoms with Crippen molar-refractivity contribution < 1.29 is 0 Å². The van der Waals surface area contributed by atoms with Crippen LogP contribution in [0.3, 0.4) is 0 Å². The van der Waals surface area contributed by atoms with Crippen LogP contribution in [0.2, 0.25) is 0 Å². The molecule has 0 fully saturated rings. The Bertz CT molecular complexity index is 729. The highest BCUT2D eigenvalue weighted by Crippen LogP contribution is 2.25. The fourth-order valence-electron chi connectivity index (χ4n) is 2.02. The molecular weight excluding hydrogens is 280 g/mol. The summed E-state index contributed by atoms with van der Waals surface area (Å²) in [7, 11) is 0. The van der Waals surface area contributed by atoms with Gasteiger partial charge in [-0.2, -0.15) is 5.10 Å². The molecule has 0 unspecified atom stereocenters. The number of thiazole rings is 1. The van der Waals surface area contributed by atoms with E-state index in [1.807, 2.05) is 36.4 Å². The lowest BCUT2D eigenvalue weighted by Gasteiger charge is -2.09. The smallest absolute Gasteiger partial charge is 0.204 e. The van der Waals surface area contributed by atoms with E-state index in [2.05, 4.69) is 40.4 Å². The number of benzene rings is 1. The Kier molecular flexibility index (Phi) is 3.92. The van der Waals surface area contributed by atoms with Gasteiger partial charge < -0.3 is 0 Å². The molecule has 2 heterocycles. The summed E-state index contributed by atoms with van der Waals surface area (Å²) in [5.41, 5.74) is 5.88. The Labute approximate surface area is 127 Å². The Balaban J connectivity index is 1.88. The van der Waals surface area contributed by atoms with Crippen molar-refractivity contribution in [3.8, 4) is 0 Å². The normalized spacial score (nSPS) is 12.0. The minimum atomic E-state index is 0.279. The number of nitrogens with one attached hydrogen (secondary N) is 1. The van der Waals surface area contributed by atoms with Crippen molar-refractivity contribution in [2.75, 3.05) is 5.43 Å².